The van der Waals surface area contributed by atoms with Gasteiger partial charge in [-0.15, -0.1) is 21.5 Å². The van der Waals surface area contributed by atoms with Crippen molar-refractivity contribution in [3.8, 4) is 5.69 Å². The second-order valence-electron chi connectivity index (χ2n) is 10.6. The molecular weight excluding hydrogens is 489 g/mol. The summed E-state index contributed by atoms with van der Waals surface area (Å²) in [6.07, 6.45) is 7.34. The van der Waals surface area contributed by atoms with E-state index in [2.05, 4.69) is 35.4 Å². The molecule has 2 aliphatic carbocycles. The van der Waals surface area contributed by atoms with Gasteiger partial charge in [0.05, 0.1) is 16.6 Å². The van der Waals surface area contributed by atoms with Crippen LogP contribution in [0.1, 0.15) is 31.2 Å². The molecule has 7 rings (SSSR count). The molecule has 37 heavy (non-hydrogen) atoms. The average Bonchev–Trinajstić information content (AvgIpc) is 3.69. The zero-order valence-corrected chi connectivity index (χ0v) is 21.6. The number of benzene rings is 1. The van der Waals surface area contributed by atoms with Crippen LogP contribution in [0.5, 0.6) is 0 Å². The van der Waals surface area contributed by atoms with Gasteiger partial charge in [0.1, 0.15) is 17.0 Å². The van der Waals surface area contributed by atoms with Crippen LogP contribution < -0.4 is 16.0 Å². The van der Waals surface area contributed by atoms with E-state index < -0.39 is 0 Å². The van der Waals surface area contributed by atoms with E-state index >= 15 is 4.39 Å². The van der Waals surface area contributed by atoms with E-state index in [1.54, 1.807) is 17.5 Å². The number of anilines is 4. The molecule has 1 aromatic carbocycles. The summed E-state index contributed by atoms with van der Waals surface area (Å²) in [7, 11) is 0. The van der Waals surface area contributed by atoms with E-state index in [0.29, 0.717) is 17.3 Å². The van der Waals surface area contributed by atoms with Crippen molar-refractivity contribution in [2.75, 3.05) is 42.1 Å². The molecule has 11 heteroatoms. The number of thiophene rings is 1. The summed E-state index contributed by atoms with van der Waals surface area (Å²) in [4.78, 5) is 9.15. The van der Waals surface area contributed by atoms with Crippen molar-refractivity contribution in [2.45, 2.75) is 38.6 Å². The third-order valence-corrected chi connectivity index (χ3v) is 9.49. The largest absolute Gasteiger partial charge is 0.368 e. The molecule has 3 unspecified atom stereocenters. The number of aryl methyl sites for hydroxylation is 1. The number of nitrogens with one attached hydrogen (secondary N) is 1. The molecule has 4 aromatic rings. The molecule has 1 aliphatic heterocycles. The lowest BCUT2D eigenvalue weighted by atomic mass is 9.93. The molecule has 0 radical (unpaired) electrons. The number of nitrogens with two attached hydrogens (primary N) is 1. The number of hydrogen-bond acceptors (Lipinski definition) is 9. The van der Waals surface area contributed by atoms with E-state index in [1.165, 1.54) is 36.4 Å². The first-order valence-electron chi connectivity index (χ1n) is 13.0. The third-order valence-electron chi connectivity index (χ3n) is 8.40. The highest BCUT2D eigenvalue weighted by Gasteiger charge is 2.42. The van der Waals surface area contributed by atoms with Gasteiger partial charge in [-0.3, -0.25) is 4.90 Å². The van der Waals surface area contributed by atoms with Gasteiger partial charge in [-0.2, -0.15) is 14.8 Å². The van der Waals surface area contributed by atoms with Crippen LogP contribution in [0.3, 0.4) is 0 Å². The van der Waals surface area contributed by atoms with Gasteiger partial charge in [-0.05, 0) is 61.8 Å². The lowest BCUT2D eigenvalue weighted by Gasteiger charge is -2.41. The molecule has 1 saturated heterocycles. The lowest BCUT2D eigenvalue weighted by molar-refractivity contribution is 0.134. The fourth-order valence-electron chi connectivity index (χ4n) is 6.58. The van der Waals surface area contributed by atoms with Crippen LogP contribution in [0.25, 0.3) is 15.9 Å². The SMILES string of the molecule is Cc1cnnc2c(-n3nc(Nc4ccc(N5CCN(C6CC7CCC6C7)CC5)c(F)c4)nc3N)csc12. The van der Waals surface area contributed by atoms with Crippen molar-refractivity contribution in [1.82, 2.24) is 29.9 Å². The van der Waals surface area contributed by atoms with Gasteiger partial charge >= 0.3 is 0 Å². The number of nitrogens with zero attached hydrogens (tertiary/aromatic N) is 7. The third kappa shape index (κ3) is 4.00. The summed E-state index contributed by atoms with van der Waals surface area (Å²) in [5.41, 5.74) is 9.88. The van der Waals surface area contributed by atoms with Crippen molar-refractivity contribution >= 4 is 44.8 Å². The molecule has 0 spiro atoms. The average molecular weight is 520 g/mol. The van der Waals surface area contributed by atoms with Crippen LogP contribution in [0.2, 0.25) is 0 Å². The zero-order chi connectivity index (χ0) is 25.1. The fraction of sp³-hybridized carbons (Fsp3) is 0.462. The second-order valence-corrected chi connectivity index (χ2v) is 11.5. The van der Waals surface area contributed by atoms with Crippen LogP contribution in [0.15, 0.2) is 29.8 Å². The first kappa shape index (κ1) is 22.9. The summed E-state index contributed by atoms with van der Waals surface area (Å²) in [6, 6.07) is 5.96. The number of piperazine rings is 1. The summed E-state index contributed by atoms with van der Waals surface area (Å²) >= 11 is 1.56. The molecule has 3 aromatic heterocycles. The smallest absolute Gasteiger partial charge is 0.248 e. The van der Waals surface area contributed by atoms with Crippen molar-refractivity contribution in [2.24, 2.45) is 11.8 Å². The van der Waals surface area contributed by atoms with Crippen LogP contribution >= 0.6 is 11.3 Å². The summed E-state index contributed by atoms with van der Waals surface area (Å²) in [5.74, 6) is 2.10. The summed E-state index contributed by atoms with van der Waals surface area (Å²) < 4.78 is 17.8. The Labute approximate surface area is 218 Å². The normalized spacial score (nSPS) is 23.8. The number of nitrogen functional groups attached to an aromatic ring is 1. The van der Waals surface area contributed by atoms with Crippen molar-refractivity contribution < 1.29 is 4.39 Å². The second kappa shape index (κ2) is 8.91. The fourth-order valence-corrected chi connectivity index (χ4v) is 7.52. The van der Waals surface area contributed by atoms with E-state index in [9.17, 15) is 0 Å². The quantitative estimate of drug-likeness (QED) is 0.401. The minimum atomic E-state index is -0.250. The molecule has 4 heterocycles. The van der Waals surface area contributed by atoms with Crippen molar-refractivity contribution in [3.05, 3.63) is 41.2 Å². The molecular formula is C26H30FN9S. The van der Waals surface area contributed by atoms with Crippen LogP contribution in [0.4, 0.5) is 27.7 Å². The molecule has 0 amide bonds. The highest BCUT2D eigenvalue weighted by molar-refractivity contribution is 7.17. The number of rotatable bonds is 5. The molecule has 3 aliphatic rings. The van der Waals surface area contributed by atoms with Gasteiger partial charge in [-0.1, -0.05) is 6.42 Å². The number of fused-ring (bicyclic) bond motifs is 3. The Bertz CT molecular complexity index is 1460. The lowest BCUT2D eigenvalue weighted by Crippen LogP contribution is -2.52. The van der Waals surface area contributed by atoms with E-state index in [4.69, 9.17) is 5.73 Å². The Morgan fingerprint density at radius 3 is 2.73 bits per heavy atom. The highest BCUT2D eigenvalue weighted by Crippen LogP contribution is 2.46. The zero-order valence-electron chi connectivity index (χ0n) is 20.8. The van der Waals surface area contributed by atoms with Gasteiger partial charge in [-0.25, -0.2) is 4.39 Å². The summed E-state index contributed by atoms with van der Waals surface area (Å²) in [6.45, 7) is 5.73. The maximum absolute atomic E-state index is 15.2. The Morgan fingerprint density at radius 1 is 1.11 bits per heavy atom. The first-order chi connectivity index (χ1) is 18.0. The standard InChI is InChI=1S/C26H30FN9S/c1-15-13-29-32-23-22(14-37-24(15)23)36-25(28)31-26(33-36)30-18-4-5-20(19(27)12-18)34-6-8-35(9-7-34)21-11-16-2-3-17(21)10-16/h4-5,12-14,16-17,21H,2-3,6-11H2,1H3,(H3,28,30,31,33). The van der Waals surface area contributed by atoms with Crippen LogP contribution in [-0.4, -0.2) is 62.1 Å². The maximum atomic E-state index is 15.2. The first-order valence-corrected chi connectivity index (χ1v) is 13.9. The molecule has 2 saturated carbocycles. The van der Waals surface area contributed by atoms with Gasteiger partial charge in [0.2, 0.25) is 11.9 Å². The Balaban J connectivity index is 1.04. The van der Waals surface area contributed by atoms with Crippen molar-refractivity contribution in [1.29, 1.82) is 0 Å². The monoisotopic (exact) mass is 519 g/mol. The number of aromatic nitrogens is 5. The van der Waals surface area contributed by atoms with Gasteiger partial charge in [0, 0.05) is 43.3 Å². The van der Waals surface area contributed by atoms with Crippen LogP contribution in [0, 0.1) is 24.6 Å². The minimum absolute atomic E-state index is 0.218. The van der Waals surface area contributed by atoms with E-state index in [-0.39, 0.29) is 11.8 Å². The van der Waals surface area contributed by atoms with Gasteiger partial charge in [0.25, 0.3) is 0 Å². The molecule has 192 valence electrons. The predicted molar refractivity (Wildman–Crippen MR) is 144 cm³/mol. The highest BCUT2D eigenvalue weighted by atomic mass is 32.1. The Kier molecular flexibility index (Phi) is 5.51. The predicted octanol–water partition coefficient (Wildman–Crippen LogP) is 4.36. The molecule has 2 bridgehead atoms. The van der Waals surface area contributed by atoms with Gasteiger partial charge in [0.15, 0.2) is 0 Å². The molecule has 3 fully saturated rings. The van der Waals surface area contributed by atoms with E-state index in [0.717, 1.165) is 65.5 Å². The van der Waals surface area contributed by atoms with Crippen molar-refractivity contribution in [3.63, 3.8) is 0 Å². The topological polar surface area (TPSA) is 101 Å². The molecule has 9 nitrogen and oxygen atoms in total. The van der Waals surface area contributed by atoms with Crippen LogP contribution in [-0.2, 0) is 0 Å². The van der Waals surface area contributed by atoms with E-state index in [1.807, 2.05) is 24.4 Å². The van der Waals surface area contributed by atoms with Gasteiger partial charge < -0.3 is 16.0 Å². The maximum Gasteiger partial charge on any atom is 0.248 e. The number of halogens is 1. The molecule has 3 N–H and O–H groups in total. The Morgan fingerprint density at radius 2 is 1.97 bits per heavy atom. The Hall–Kier alpha value is -3.31. The number of hydrogen-bond donors (Lipinski definition) is 2. The minimum Gasteiger partial charge on any atom is -0.368 e. The molecule has 3 atom stereocenters. The summed E-state index contributed by atoms with van der Waals surface area (Å²) in [5, 5.41) is 17.8.